The van der Waals surface area contributed by atoms with E-state index in [1.807, 2.05) is 24.3 Å². The number of phenols is 1. The molecule has 366 valence electrons. The second-order valence-electron chi connectivity index (χ2n) is 12.2. The molecule has 3 aromatic carbocycles. The normalized spacial score (nSPS) is 10.3. The van der Waals surface area contributed by atoms with Crippen molar-refractivity contribution in [3.63, 3.8) is 0 Å². The summed E-state index contributed by atoms with van der Waals surface area (Å²) in [5.74, 6) is 4.91. The van der Waals surface area contributed by atoms with E-state index in [1.54, 1.807) is 37.4 Å². The highest BCUT2D eigenvalue weighted by Crippen LogP contribution is 2.36. The summed E-state index contributed by atoms with van der Waals surface area (Å²) in [5.41, 5.74) is 3.01. The van der Waals surface area contributed by atoms with Gasteiger partial charge in [-0.25, -0.2) is 14.4 Å². The van der Waals surface area contributed by atoms with Crippen LogP contribution in [-0.2, 0) is 4.79 Å². The molecule has 69 heavy (non-hydrogen) atoms. The van der Waals surface area contributed by atoms with E-state index in [-0.39, 0.29) is 27.3 Å². The number of aliphatic carboxylic acids is 1. The Morgan fingerprint density at radius 1 is 0.681 bits per heavy atom. The van der Waals surface area contributed by atoms with Gasteiger partial charge in [-0.05, 0) is 168 Å². The Bertz CT molecular complexity index is 3170. The maximum atomic E-state index is 12.2. The lowest BCUT2D eigenvalue weighted by Crippen LogP contribution is -2.16. The molecule has 0 saturated heterocycles. The van der Waals surface area contributed by atoms with Crippen molar-refractivity contribution in [1.29, 1.82) is 0 Å². The Hall–Kier alpha value is -2.73. The van der Waals surface area contributed by atoms with Crippen LogP contribution in [0.1, 0.15) is 9.67 Å². The Kier molecular flexibility index (Phi) is 23.8. The minimum absolute atomic E-state index is 0.0983. The number of carboxylic acids is 1. The van der Waals surface area contributed by atoms with Gasteiger partial charge >= 0.3 is 17.3 Å². The summed E-state index contributed by atoms with van der Waals surface area (Å²) in [5, 5.41) is 28.4. The quantitative estimate of drug-likeness (QED) is 0.0260. The third-order valence-corrected chi connectivity index (χ3v) is 16.4. The van der Waals surface area contributed by atoms with Gasteiger partial charge in [-0.1, -0.05) is 34.8 Å². The highest BCUT2D eigenvalue weighted by atomic mass is 79.9. The second-order valence-corrected chi connectivity index (χ2v) is 24.2. The molecule has 0 spiro atoms. The number of aromatic amines is 2. The number of benzene rings is 3. The van der Waals surface area contributed by atoms with E-state index in [0.717, 1.165) is 41.6 Å². The Balaban J connectivity index is 0.000000205. The third-order valence-electron chi connectivity index (χ3n) is 7.93. The van der Waals surface area contributed by atoms with Crippen LogP contribution in [0, 0.1) is 0 Å². The van der Waals surface area contributed by atoms with Gasteiger partial charge in [-0.2, -0.15) is 9.36 Å². The molecule has 0 aliphatic carbocycles. The summed E-state index contributed by atoms with van der Waals surface area (Å²) in [4.78, 5) is 52.4. The Morgan fingerprint density at radius 2 is 1.10 bits per heavy atom. The van der Waals surface area contributed by atoms with Gasteiger partial charge in [0.05, 0.1) is 66.3 Å². The van der Waals surface area contributed by atoms with Crippen molar-refractivity contribution < 1.29 is 29.3 Å². The first kappa shape index (κ1) is 58.8. The van der Waals surface area contributed by atoms with Gasteiger partial charge in [0.1, 0.15) is 28.6 Å². The van der Waals surface area contributed by atoms with E-state index >= 15 is 0 Å². The van der Waals surface area contributed by atoms with E-state index < -0.39 is 17.4 Å². The minimum atomic E-state index is -1.42. The number of carbonyl (C=O) groups excluding carboxylic acids is 1. The number of hydrogen-bond acceptors (Lipinski definition) is 14. The Morgan fingerprint density at radius 3 is 1.52 bits per heavy atom. The van der Waals surface area contributed by atoms with E-state index in [2.05, 4.69) is 121 Å². The number of nitrogens with two attached hydrogens (primary N) is 1. The summed E-state index contributed by atoms with van der Waals surface area (Å²) in [6, 6.07) is 20.2. The number of H-pyrrole nitrogens is 2. The van der Waals surface area contributed by atoms with Crippen molar-refractivity contribution in [2.45, 2.75) is 0 Å². The molecule has 0 saturated carbocycles. The number of hydrazine groups is 1. The third kappa shape index (κ3) is 16.4. The molecule has 0 atom stereocenters. The van der Waals surface area contributed by atoms with Crippen LogP contribution in [0.15, 0.2) is 107 Å². The number of Topliss-reactive ketones (excluding diaryl/α,β-unsaturated/α-hetero) is 1. The number of rotatable bonds is 9. The van der Waals surface area contributed by atoms with Crippen molar-refractivity contribution in [2.24, 2.45) is 5.84 Å². The molecular formula is C39H27Br6Cl5N8O8S3. The fourth-order valence-electron chi connectivity index (χ4n) is 4.98. The average molecular weight is 1490 g/mol. The van der Waals surface area contributed by atoms with Crippen LogP contribution in [0.3, 0.4) is 0 Å². The highest BCUT2D eigenvalue weighted by Gasteiger charge is 2.18. The molecule has 8 aromatic rings. The summed E-state index contributed by atoms with van der Waals surface area (Å²) >= 11 is 51.2. The molecule has 5 heterocycles. The SMILES string of the molecule is COc1cc(Br)c(Cl)cc1-n1nc(-c2ccc(Br)s2)[nH]c1=O.COc1cc(Br)c(Cl)cc1NN.ClCCl.O=C(O)C(=O)c1ccc(Br)s1.O=c1[nH]c(-c2ccc(Br)s2)nn1-c1cc(Cl)c(Br)cc1O. The fraction of sp³-hybridized carbons (Fsp3) is 0.0769. The molecule has 7 N–H and O–H groups in total. The molecule has 0 bridgehead atoms. The van der Waals surface area contributed by atoms with Crippen LogP contribution in [0.2, 0.25) is 15.1 Å². The summed E-state index contributed by atoms with van der Waals surface area (Å²) in [6.07, 6.45) is 0. The molecule has 30 heteroatoms. The van der Waals surface area contributed by atoms with Crippen LogP contribution in [0.25, 0.3) is 32.8 Å². The topological polar surface area (TPSA) is 232 Å². The van der Waals surface area contributed by atoms with Gasteiger partial charge in [-0.15, -0.1) is 67.4 Å². The second kappa shape index (κ2) is 27.9. The number of anilines is 1. The van der Waals surface area contributed by atoms with Gasteiger partial charge in [0.2, 0.25) is 0 Å². The number of carboxylic acid groups (broad SMARTS) is 1. The zero-order chi connectivity index (χ0) is 51.3. The van der Waals surface area contributed by atoms with Crippen molar-refractivity contribution in [3.05, 3.63) is 138 Å². The van der Waals surface area contributed by atoms with E-state index in [4.69, 9.17) is 78.4 Å². The molecule has 8 rings (SSSR count). The molecule has 0 amide bonds. The summed E-state index contributed by atoms with van der Waals surface area (Å²) < 4.78 is 17.3. The van der Waals surface area contributed by atoms with Crippen molar-refractivity contribution in [3.8, 4) is 50.0 Å². The van der Waals surface area contributed by atoms with Gasteiger partial charge in [0.25, 0.3) is 5.78 Å². The van der Waals surface area contributed by atoms with E-state index in [9.17, 15) is 24.3 Å². The monoisotopic (exact) mass is 1480 g/mol. The molecule has 0 radical (unpaired) electrons. The number of hydrogen-bond donors (Lipinski definition) is 6. The molecule has 0 aliphatic heterocycles. The number of halogens is 11. The van der Waals surface area contributed by atoms with Crippen molar-refractivity contribution in [1.82, 2.24) is 29.5 Å². The number of aromatic nitrogens is 6. The molecule has 16 nitrogen and oxygen atoms in total. The minimum Gasteiger partial charge on any atom is -0.506 e. The number of aromatic hydroxyl groups is 1. The van der Waals surface area contributed by atoms with Crippen LogP contribution in [-0.4, -0.2) is 71.1 Å². The van der Waals surface area contributed by atoms with Gasteiger partial charge in [0, 0.05) is 13.4 Å². The number of nitrogens with zero attached hydrogens (tertiary/aromatic N) is 4. The zero-order valence-corrected chi connectivity index (χ0v) is 50.0. The highest BCUT2D eigenvalue weighted by molar-refractivity contribution is 9.11. The number of thiophene rings is 3. The van der Waals surface area contributed by atoms with Crippen molar-refractivity contribution >= 4 is 205 Å². The van der Waals surface area contributed by atoms with Gasteiger partial charge in [0.15, 0.2) is 11.6 Å². The average Bonchev–Trinajstić information content (AvgIpc) is 4.17. The molecule has 5 aromatic heterocycles. The predicted octanol–water partition coefficient (Wildman–Crippen LogP) is 14.2. The molecule has 0 fully saturated rings. The summed E-state index contributed by atoms with van der Waals surface area (Å²) in [6.45, 7) is 0. The van der Waals surface area contributed by atoms with E-state index in [0.29, 0.717) is 58.5 Å². The molecule has 0 unspecified atom stereocenters. The van der Waals surface area contributed by atoms with Crippen LogP contribution in [0.5, 0.6) is 17.2 Å². The lowest BCUT2D eigenvalue weighted by atomic mass is 10.3. The number of ketones is 1. The number of nitrogens with one attached hydrogen (secondary N) is 3. The number of methoxy groups -OCH3 is 2. The maximum Gasteiger partial charge on any atom is 0.378 e. The molecular weight excluding hydrogens is 1460 g/mol. The number of phenolic OH excluding ortho intramolecular Hbond substituents is 1. The first-order valence-electron chi connectivity index (χ1n) is 17.9. The fourth-order valence-corrected chi connectivity index (χ4v) is 10.4. The largest absolute Gasteiger partial charge is 0.506 e. The Labute approximate surface area is 477 Å². The zero-order valence-electron chi connectivity index (χ0n) is 34.2. The number of alkyl halides is 2. The van der Waals surface area contributed by atoms with Crippen LogP contribution >= 0.6 is 188 Å². The van der Waals surface area contributed by atoms with Crippen LogP contribution < -0.4 is 32.1 Å². The number of ether oxygens (including phenoxy) is 2. The van der Waals surface area contributed by atoms with E-state index in [1.165, 1.54) is 52.7 Å². The lowest BCUT2D eigenvalue weighted by Gasteiger charge is -2.09. The predicted molar refractivity (Wildman–Crippen MR) is 298 cm³/mol. The first-order chi connectivity index (χ1) is 32.7. The standard InChI is InChI=1S/C13H8Br2ClN3O2S.C12H6Br2ClN3O2S.C7H8BrClN2O.C6H3BrO3S.CH2Cl2/c1-21-9-4-6(14)7(16)5-8(9)19-13(20)17-12(18-19)10-2-3-11(15)22-10;13-5-3-8(19)7(4-6(5)15)18-12(20)16-11(17-18)9-1-2-10(14)21-9;1-12-7-2-4(8)5(9)3-6(7)11-10;7-4-2-1-3(11-4)5(8)6(9)10;2-1-3/h2-5H,1H3,(H,17,18,20);1-4,19H,(H,16,17,20);2-3,11H,10H2,1H3;1-2H,(H,9,10);1H2. The van der Waals surface area contributed by atoms with Gasteiger partial charge in [-0.3, -0.25) is 20.6 Å². The number of nitrogen functional groups attached to an aromatic ring is 1. The summed E-state index contributed by atoms with van der Waals surface area (Å²) in [7, 11) is 3.09. The van der Waals surface area contributed by atoms with Gasteiger partial charge < -0.3 is 25.1 Å². The van der Waals surface area contributed by atoms with Crippen LogP contribution in [0.4, 0.5) is 5.69 Å². The smallest absolute Gasteiger partial charge is 0.378 e. The van der Waals surface area contributed by atoms with Crippen molar-refractivity contribution in [2.75, 3.05) is 25.0 Å². The first-order valence-corrected chi connectivity index (χ1v) is 27.3. The maximum absolute atomic E-state index is 12.2. The number of carbonyl (C=O) groups is 2. The lowest BCUT2D eigenvalue weighted by molar-refractivity contribution is -0.131. The molecule has 0 aliphatic rings.